The van der Waals surface area contributed by atoms with Crippen LogP contribution in [0.25, 0.3) is 0 Å². The molecular formula is C11H16ClNO3S2. The second kappa shape index (κ2) is 6.04. The number of thiophene rings is 1. The standard InChI is InChI=1S/C11H16ClNO3S2/c1-4-5-6-13(3)11(14)9-7-10(8(2)17-9)18(12,15)16/h7H,4-6H2,1-3H3. The first kappa shape index (κ1) is 15.5. The third-order valence-corrected chi connectivity index (χ3v) is 5.16. The Labute approximate surface area is 116 Å². The summed E-state index contributed by atoms with van der Waals surface area (Å²) in [5, 5.41) is 0. The van der Waals surface area contributed by atoms with Gasteiger partial charge in [0, 0.05) is 29.2 Å². The summed E-state index contributed by atoms with van der Waals surface area (Å²) in [6, 6.07) is 1.35. The molecule has 0 aliphatic rings. The summed E-state index contributed by atoms with van der Waals surface area (Å²) in [7, 11) is 3.23. The molecule has 0 unspecified atom stereocenters. The first-order valence-electron chi connectivity index (χ1n) is 5.58. The Morgan fingerprint density at radius 3 is 2.56 bits per heavy atom. The van der Waals surface area contributed by atoms with Crippen LogP contribution in [0.1, 0.15) is 34.3 Å². The molecule has 0 N–H and O–H groups in total. The molecule has 0 spiro atoms. The molecule has 0 aromatic carbocycles. The van der Waals surface area contributed by atoms with Gasteiger partial charge in [0.15, 0.2) is 0 Å². The van der Waals surface area contributed by atoms with E-state index in [-0.39, 0.29) is 10.8 Å². The van der Waals surface area contributed by atoms with Gasteiger partial charge < -0.3 is 4.90 Å². The molecule has 1 aromatic heterocycles. The molecule has 1 amide bonds. The van der Waals surface area contributed by atoms with Crippen molar-refractivity contribution in [1.29, 1.82) is 0 Å². The van der Waals surface area contributed by atoms with Crippen LogP contribution in [-0.4, -0.2) is 32.8 Å². The molecule has 7 heteroatoms. The summed E-state index contributed by atoms with van der Waals surface area (Å²) in [6.45, 7) is 4.35. The number of nitrogens with zero attached hydrogens (tertiary/aromatic N) is 1. The van der Waals surface area contributed by atoms with Crippen molar-refractivity contribution in [3.8, 4) is 0 Å². The fraction of sp³-hybridized carbons (Fsp3) is 0.545. The highest BCUT2D eigenvalue weighted by Gasteiger charge is 2.21. The number of rotatable bonds is 5. The summed E-state index contributed by atoms with van der Waals surface area (Å²) in [5.41, 5.74) is 0. The third-order valence-electron chi connectivity index (χ3n) is 2.54. The van der Waals surface area contributed by atoms with Gasteiger partial charge >= 0.3 is 0 Å². The monoisotopic (exact) mass is 309 g/mol. The highest BCUT2D eigenvalue weighted by molar-refractivity contribution is 8.13. The van der Waals surface area contributed by atoms with E-state index in [0.29, 0.717) is 16.3 Å². The van der Waals surface area contributed by atoms with E-state index in [1.165, 1.54) is 6.07 Å². The summed E-state index contributed by atoms with van der Waals surface area (Å²) in [6.07, 6.45) is 1.93. The Balaban J connectivity index is 2.95. The predicted octanol–water partition coefficient (Wildman–Crippen LogP) is 2.86. The third kappa shape index (κ3) is 3.70. The Morgan fingerprint density at radius 1 is 1.50 bits per heavy atom. The number of hydrogen-bond acceptors (Lipinski definition) is 4. The maximum Gasteiger partial charge on any atom is 0.263 e. The molecular weight excluding hydrogens is 294 g/mol. The first-order chi connectivity index (χ1) is 8.27. The maximum atomic E-state index is 12.0. The average molecular weight is 310 g/mol. The Morgan fingerprint density at radius 2 is 2.11 bits per heavy atom. The van der Waals surface area contributed by atoms with Crippen molar-refractivity contribution in [3.05, 3.63) is 15.8 Å². The number of carbonyl (C=O) groups excluding carboxylic acids is 1. The van der Waals surface area contributed by atoms with Crippen LogP contribution in [0, 0.1) is 6.92 Å². The van der Waals surface area contributed by atoms with Crippen LogP contribution in [0.5, 0.6) is 0 Å². The van der Waals surface area contributed by atoms with Crippen molar-refractivity contribution in [2.45, 2.75) is 31.6 Å². The smallest absolute Gasteiger partial charge is 0.263 e. The maximum absolute atomic E-state index is 12.0. The number of carbonyl (C=O) groups is 1. The summed E-state index contributed by atoms with van der Waals surface area (Å²) < 4.78 is 22.6. The van der Waals surface area contributed by atoms with Gasteiger partial charge in [-0.3, -0.25) is 4.79 Å². The van der Waals surface area contributed by atoms with Gasteiger partial charge in [-0.05, 0) is 19.4 Å². The number of unbranched alkanes of at least 4 members (excludes halogenated alkanes) is 1. The number of halogens is 1. The lowest BCUT2D eigenvalue weighted by Crippen LogP contribution is -2.26. The van der Waals surface area contributed by atoms with E-state index in [1.54, 1.807) is 18.9 Å². The molecule has 0 bridgehead atoms. The van der Waals surface area contributed by atoms with Gasteiger partial charge in [-0.2, -0.15) is 0 Å². The van der Waals surface area contributed by atoms with E-state index >= 15 is 0 Å². The molecule has 102 valence electrons. The van der Waals surface area contributed by atoms with Crippen molar-refractivity contribution in [1.82, 2.24) is 4.90 Å². The van der Waals surface area contributed by atoms with Crippen LogP contribution in [0.2, 0.25) is 0 Å². The lowest BCUT2D eigenvalue weighted by molar-refractivity contribution is 0.0798. The van der Waals surface area contributed by atoms with E-state index in [9.17, 15) is 13.2 Å². The normalized spacial score (nSPS) is 11.6. The molecule has 1 heterocycles. The Kier molecular flexibility index (Phi) is 5.19. The highest BCUT2D eigenvalue weighted by atomic mass is 35.7. The summed E-state index contributed by atoms with van der Waals surface area (Å²) in [5.74, 6) is -0.164. The van der Waals surface area contributed by atoms with Crippen molar-refractivity contribution in [2.75, 3.05) is 13.6 Å². The number of amides is 1. The Hall–Kier alpha value is -0.590. The molecule has 18 heavy (non-hydrogen) atoms. The van der Waals surface area contributed by atoms with Gasteiger partial charge in [0.2, 0.25) is 0 Å². The van der Waals surface area contributed by atoms with Gasteiger partial charge in [-0.1, -0.05) is 13.3 Å². The van der Waals surface area contributed by atoms with Crippen LogP contribution in [0.4, 0.5) is 0 Å². The zero-order chi connectivity index (χ0) is 13.9. The van der Waals surface area contributed by atoms with Gasteiger partial charge in [-0.15, -0.1) is 11.3 Å². The molecule has 0 radical (unpaired) electrons. The predicted molar refractivity (Wildman–Crippen MR) is 74.0 cm³/mol. The largest absolute Gasteiger partial charge is 0.341 e. The zero-order valence-corrected chi connectivity index (χ0v) is 13.0. The molecule has 0 fully saturated rings. The molecule has 0 aliphatic heterocycles. The van der Waals surface area contributed by atoms with Gasteiger partial charge in [0.05, 0.1) is 9.77 Å². The van der Waals surface area contributed by atoms with E-state index in [2.05, 4.69) is 0 Å². The van der Waals surface area contributed by atoms with Crippen LogP contribution in [0.15, 0.2) is 11.0 Å². The quantitative estimate of drug-likeness (QED) is 0.786. The molecule has 0 saturated carbocycles. The second-order valence-electron chi connectivity index (χ2n) is 4.05. The fourth-order valence-electron chi connectivity index (χ4n) is 1.50. The second-order valence-corrected chi connectivity index (χ2v) is 7.84. The molecule has 0 aliphatic carbocycles. The van der Waals surface area contributed by atoms with Crippen LogP contribution in [-0.2, 0) is 9.05 Å². The van der Waals surface area contributed by atoms with Crippen LogP contribution < -0.4 is 0 Å². The van der Waals surface area contributed by atoms with E-state index in [4.69, 9.17) is 10.7 Å². The van der Waals surface area contributed by atoms with Gasteiger partial charge in [-0.25, -0.2) is 8.42 Å². The molecule has 1 rings (SSSR count). The summed E-state index contributed by atoms with van der Waals surface area (Å²) in [4.78, 5) is 14.6. The van der Waals surface area contributed by atoms with Gasteiger partial charge in [0.1, 0.15) is 0 Å². The topological polar surface area (TPSA) is 54.5 Å². The lowest BCUT2D eigenvalue weighted by Gasteiger charge is -2.15. The Bertz CT molecular complexity index is 536. The number of aryl methyl sites for hydroxylation is 1. The minimum absolute atomic E-state index is 0.0291. The number of hydrogen-bond donors (Lipinski definition) is 0. The highest BCUT2D eigenvalue weighted by Crippen LogP contribution is 2.28. The SMILES string of the molecule is CCCCN(C)C(=O)c1cc(S(=O)(=O)Cl)c(C)s1. The fourth-order valence-corrected chi connectivity index (χ4v) is 4.16. The average Bonchev–Trinajstić information content (AvgIpc) is 2.66. The van der Waals surface area contributed by atoms with Crippen molar-refractivity contribution >= 4 is 37.0 Å². The van der Waals surface area contributed by atoms with E-state index in [0.717, 1.165) is 24.2 Å². The van der Waals surface area contributed by atoms with Crippen molar-refractivity contribution < 1.29 is 13.2 Å². The van der Waals surface area contributed by atoms with E-state index in [1.807, 2.05) is 6.92 Å². The minimum atomic E-state index is -3.78. The molecule has 1 aromatic rings. The first-order valence-corrected chi connectivity index (χ1v) is 8.70. The summed E-state index contributed by atoms with van der Waals surface area (Å²) >= 11 is 1.16. The lowest BCUT2D eigenvalue weighted by atomic mass is 10.3. The van der Waals surface area contributed by atoms with Crippen molar-refractivity contribution in [3.63, 3.8) is 0 Å². The van der Waals surface area contributed by atoms with Crippen LogP contribution in [0.3, 0.4) is 0 Å². The minimum Gasteiger partial charge on any atom is -0.341 e. The molecule has 4 nitrogen and oxygen atoms in total. The molecule has 0 saturated heterocycles. The van der Waals surface area contributed by atoms with Crippen LogP contribution >= 0.6 is 22.0 Å². The van der Waals surface area contributed by atoms with Gasteiger partial charge in [0.25, 0.3) is 15.0 Å². The van der Waals surface area contributed by atoms with Crippen molar-refractivity contribution in [2.24, 2.45) is 0 Å². The zero-order valence-electron chi connectivity index (χ0n) is 10.6. The van der Waals surface area contributed by atoms with E-state index < -0.39 is 9.05 Å². The molecule has 0 atom stereocenters.